The van der Waals surface area contributed by atoms with Gasteiger partial charge in [-0.3, -0.25) is 0 Å². The molecule has 0 aliphatic heterocycles. The van der Waals surface area contributed by atoms with E-state index in [1.807, 2.05) is 37.3 Å². The van der Waals surface area contributed by atoms with Crippen LogP contribution in [0.15, 0.2) is 30.3 Å². The van der Waals surface area contributed by atoms with Crippen LogP contribution < -0.4 is 5.73 Å². The summed E-state index contributed by atoms with van der Waals surface area (Å²) in [4.78, 5) is 11.7. The molecule has 0 bridgehead atoms. The maximum atomic E-state index is 11.7. The van der Waals surface area contributed by atoms with Crippen LogP contribution in [0.2, 0.25) is 0 Å². The number of carbonyl (C=O) groups is 1. The number of nitrogens with two attached hydrogens (primary N) is 1. The first kappa shape index (κ1) is 11.7. The van der Waals surface area contributed by atoms with Gasteiger partial charge in [0.15, 0.2) is 0 Å². The van der Waals surface area contributed by atoms with Gasteiger partial charge < -0.3 is 10.5 Å². The number of hydrogen-bond acceptors (Lipinski definition) is 3. The second-order valence-electron chi connectivity index (χ2n) is 3.58. The van der Waals surface area contributed by atoms with E-state index >= 15 is 0 Å². The molecule has 0 heterocycles. The predicted molar refractivity (Wildman–Crippen MR) is 59.2 cm³/mol. The number of carbonyl (C=O) groups excluding carboxylic acids is 1. The van der Waals surface area contributed by atoms with Gasteiger partial charge in [0.25, 0.3) is 0 Å². The first-order valence-corrected chi connectivity index (χ1v) is 5.08. The zero-order valence-corrected chi connectivity index (χ0v) is 9.19. The lowest BCUT2D eigenvalue weighted by Crippen LogP contribution is -2.45. The van der Waals surface area contributed by atoms with Gasteiger partial charge in [-0.25, -0.2) is 4.79 Å². The number of benzene rings is 1. The van der Waals surface area contributed by atoms with Gasteiger partial charge in [0.1, 0.15) is 5.54 Å². The Morgan fingerprint density at radius 3 is 2.47 bits per heavy atom. The second kappa shape index (κ2) is 4.94. The third-order valence-corrected chi connectivity index (χ3v) is 2.48. The molecule has 1 rings (SSSR count). The van der Waals surface area contributed by atoms with Crippen LogP contribution in [0.4, 0.5) is 0 Å². The fourth-order valence-electron chi connectivity index (χ4n) is 1.68. The first-order valence-electron chi connectivity index (χ1n) is 5.08. The number of hydrogen-bond donors (Lipinski definition) is 1. The van der Waals surface area contributed by atoms with Gasteiger partial charge >= 0.3 is 5.97 Å². The Kier molecular flexibility index (Phi) is 3.86. The van der Waals surface area contributed by atoms with Gasteiger partial charge in [0.05, 0.1) is 7.11 Å². The van der Waals surface area contributed by atoms with Crippen molar-refractivity contribution in [1.82, 2.24) is 0 Å². The molecule has 1 unspecified atom stereocenters. The molecule has 1 aromatic rings. The summed E-state index contributed by atoms with van der Waals surface area (Å²) in [5, 5.41) is 0. The maximum absolute atomic E-state index is 11.7. The average molecular weight is 207 g/mol. The molecule has 0 radical (unpaired) electrons. The Morgan fingerprint density at radius 1 is 1.40 bits per heavy atom. The van der Waals surface area contributed by atoms with Crippen LogP contribution in [-0.2, 0) is 15.1 Å². The van der Waals surface area contributed by atoms with Crippen molar-refractivity contribution in [3.05, 3.63) is 35.9 Å². The van der Waals surface area contributed by atoms with E-state index in [4.69, 9.17) is 10.5 Å². The van der Waals surface area contributed by atoms with Crippen LogP contribution >= 0.6 is 0 Å². The lowest BCUT2D eigenvalue weighted by atomic mass is 9.87. The smallest absolute Gasteiger partial charge is 0.330 e. The minimum atomic E-state index is -1.01. The lowest BCUT2D eigenvalue weighted by molar-refractivity contribution is -0.147. The Morgan fingerprint density at radius 2 is 2.00 bits per heavy atom. The highest BCUT2D eigenvalue weighted by molar-refractivity contribution is 5.82. The SMILES string of the molecule is CCCC(N)(C(=O)OC)c1ccccc1. The fraction of sp³-hybridized carbons (Fsp3) is 0.417. The minimum absolute atomic E-state index is 0.379. The summed E-state index contributed by atoms with van der Waals surface area (Å²) in [6, 6.07) is 9.34. The molecule has 0 fully saturated rings. The van der Waals surface area contributed by atoms with Crippen molar-refractivity contribution in [2.24, 2.45) is 5.73 Å². The van der Waals surface area contributed by atoms with Crippen molar-refractivity contribution < 1.29 is 9.53 Å². The van der Waals surface area contributed by atoms with Crippen molar-refractivity contribution in [3.63, 3.8) is 0 Å². The van der Waals surface area contributed by atoms with E-state index in [-0.39, 0.29) is 5.97 Å². The van der Waals surface area contributed by atoms with E-state index in [0.717, 1.165) is 12.0 Å². The summed E-state index contributed by atoms with van der Waals surface area (Å²) in [6.45, 7) is 1.99. The van der Waals surface area contributed by atoms with Crippen molar-refractivity contribution >= 4 is 5.97 Å². The largest absolute Gasteiger partial charge is 0.467 e. The van der Waals surface area contributed by atoms with Gasteiger partial charge in [0, 0.05) is 0 Å². The molecular weight excluding hydrogens is 190 g/mol. The quantitative estimate of drug-likeness (QED) is 0.766. The molecule has 1 atom stereocenters. The molecule has 3 heteroatoms. The number of ether oxygens (including phenoxy) is 1. The van der Waals surface area contributed by atoms with E-state index < -0.39 is 5.54 Å². The van der Waals surface area contributed by atoms with Crippen molar-refractivity contribution in [1.29, 1.82) is 0 Å². The average Bonchev–Trinajstić information content (AvgIpc) is 2.29. The van der Waals surface area contributed by atoms with E-state index in [9.17, 15) is 4.79 Å². The van der Waals surface area contributed by atoms with E-state index in [2.05, 4.69) is 0 Å². The molecule has 2 N–H and O–H groups in total. The standard InChI is InChI=1S/C12H17NO2/c1-3-9-12(13,11(14)15-2)10-7-5-4-6-8-10/h4-8H,3,9,13H2,1-2H3. The van der Waals surface area contributed by atoms with Crippen LogP contribution in [0.5, 0.6) is 0 Å². The van der Waals surface area contributed by atoms with Gasteiger partial charge in [-0.1, -0.05) is 43.7 Å². The summed E-state index contributed by atoms with van der Waals surface area (Å²) in [7, 11) is 1.36. The highest BCUT2D eigenvalue weighted by Gasteiger charge is 2.35. The van der Waals surface area contributed by atoms with Gasteiger partial charge in [-0.05, 0) is 12.0 Å². The van der Waals surface area contributed by atoms with E-state index in [1.54, 1.807) is 0 Å². The van der Waals surface area contributed by atoms with Crippen molar-refractivity contribution in [2.45, 2.75) is 25.3 Å². The van der Waals surface area contributed by atoms with Crippen molar-refractivity contribution in [2.75, 3.05) is 7.11 Å². The number of rotatable bonds is 4. The third-order valence-electron chi connectivity index (χ3n) is 2.48. The van der Waals surface area contributed by atoms with Crippen LogP contribution in [0.3, 0.4) is 0 Å². The Bertz CT molecular complexity index is 324. The summed E-state index contributed by atoms with van der Waals surface area (Å²) >= 11 is 0. The van der Waals surface area contributed by atoms with Crippen LogP contribution in [0.25, 0.3) is 0 Å². The normalized spacial score (nSPS) is 14.3. The zero-order valence-electron chi connectivity index (χ0n) is 9.19. The van der Waals surface area contributed by atoms with Crippen LogP contribution in [0, 0.1) is 0 Å². The van der Waals surface area contributed by atoms with Gasteiger partial charge in [-0.15, -0.1) is 0 Å². The highest BCUT2D eigenvalue weighted by Crippen LogP contribution is 2.24. The molecule has 82 valence electrons. The van der Waals surface area contributed by atoms with E-state index in [1.165, 1.54) is 7.11 Å². The fourth-order valence-corrected chi connectivity index (χ4v) is 1.68. The number of methoxy groups -OCH3 is 1. The third kappa shape index (κ3) is 2.36. The summed E-state index contributed by atoms with van der Waals surface area (Å²) in [5.74, 6) is -0.379. The molecule has 3 nitrogen and oxygen atoms in total. The predicted octanol–water partition coefficient (Wildman–Crippen LogP) is 1.81. The number of esters is 1. The Balaban J connectivity index is 3.06. The lowest BCUT2D eigenvalue weighted by Gasteiger charge is -2.26. The topological polar surface area (TPSA) is 52.3 Å². The van der Waals surface area contributed by atoms with Crippen molar-refractivity contribution in [3.8, 4) is 0 Å². The molecular formula is C12H17NO2. The monoisotopic (exact) mass is 207 g/mol. The van der Waals surface area contributed by atoms with Gasteiger partial charge in [-0.2, -0.15) is 0 Å². The Labute approximate surface area is 90.2 Å². The summed E-state index contributed by atoms with van der Waals surface area (Å²) < 4.78 is 4.76. The summed E-state index contributed by atoms with van der Waals surface area (Å²) in [6.07, 6.45) is 1.42. The maximum Gasteiger partial charge on any atom is 0.330 e. The minimum Gasteiger partial charge on any atom is -0.467 e. The molecule has 0 spiro atoms. The first-order chi connectivity index (χ1) is 7.15. The van der Waals surface area contributed by atoms with Crippen LogP contribution in [0.1, 0.15) is 25.3 Å². The van der Waals surface area contributed by atoms with Gasteiger partial charge in [0.2, 0.25) is 0 Å². The Hall–Kier alpha value is -1.35. The van der Waals surface area contributed by atoms with Crippen LogP contribution in [-0.4, -0.2) is 13.1 Å². The molecule has 0 aliphatic carbocycles. The zero-order chi connectivity index (χ0) is 11.3. The molecule has 0 aliphatic rings. The van der Waals surface area contributed by atoms with E-state index in [0.29, 0.717) is 6.42 Å². The second-order valence-corrected chi connectivity index (χ2v) is 3.58. The summed E-state index contributed by atoms with van der Waals surface area (Å²) in [5.41, 5.74) is 5.90. The molecule has 0 saturated heterocycles. The molecule has 15 heavy (non-hydrogen) atoms. The highest BCUT2D eigenvalue weighted by atomic mass is 16.5. The molecule has 0 amide bonds. The molecule has 0 saturated carbocycles. The molecule has 1 aromatic carbocycles. The molecule has 0 aromatic heterocycles.